The van der Waals surface area contributed by atoms with Crippen LogP contribution in [-0.4, -0.2) is 77.5 Å². The van der Waals surface area contributed by atoms with Crippen LogP contribution in [0, 0.1) is 0 Å². The van der Waals surface area contributed by atoms with Gasteiger partial charge in [-0.3, -0.25) is 9.69 Å². The van der Waals surface area contributed by atoms with Gasteiger partial charge in [-0.05, 0) is 24.3 Å². The first-order valence-electron chi connectivity index (χ1n) is 8.89. The number of carbonyl (C=O) groups is 1. The topological polar surface area (TPSA) is 78.6 Å². The van der Waals surface area contributed by atoms with Gasteiger partial charge < -0.3 is 15.5 Å². The quantitative estimate of drug-likeness (QED) is 0.871. The van der Waals surface area contributed by atoms with Crippen LogP contribution in [0.15, 0.2) is 17.8 Å². The molecule has 2 aliphatic rings. The van der Waals surface area contributed by atoms with E-state index in [2.05, 4.69) is 19.8 Å². The Balaban J connectivity index is 1.33. The fourth-order valence-electron chi connectivity index (χ4n) is 3.57. The molecule has 0 radical (unpaired) electrons. The average molecular weight is 360 g/mol. The molecule has 2 aromatic heterocycles. The van der Waals surface area contributed by atoms with Gasteiger partial charge in [0.2, 0.25) is 5.91 Å². The number of likely N-dealkylation sites (tertiary alicyclic amines) is 1. The number of amides is 1. The number of thiophene rings is 1. The van der Waals surface area contributed by atoms with Gasteiger partial charge in [-0.2, -0.15) is 0 Å². The Labute approximate surface area is 151 Å². The monoisotopic (exact) mass is 360 g/mol. The van der Waals surface area contributed by atoms with Crippen LogP contribution in [0.4, 0.5) is 5.82 Å². The molecule has 0 aliphatic carbocycles. The first-order chi connectivity index (χ1) is 12.2. The van der Waals surface area contributed by atoms with Crippen molar-refractivity contribution in [3.63, 3.8) is 0 Å². The predicted molar refractivity (Wildman–Crippen MR) is 99.9 cm³/mol. The lowest BCUT2D eigenvalue weighted by molar-refractivity contribution is -0.133. The van der Waals surface area contributed by atoms with Crippen molar-refractivity contribution in [2.45, 2.75) is 18.9 Å². The molecule has 0 atom stereocenters. The first kappa shape index (κ1) is 16.7. The molecule has 0 aromatic carbocycles. The van der Waals surface area contributed by atoms with E-state index in [1.807, 2.05) is 16.3 Å². The van der Waals surface area contributed by atoms with Gasteiger partial charge in [-0.15, -0.1) is 11.3 Å². The summed E-state index contributed by atoms with van der Waals surface area (Å²) in [5.41, 5.74) is 6.93. The highest BCUT2D eigenvalue weighted by atomic mass is 32.1. The van der Waals surface area contributed by atoms with E-state index in [1.54, 1.807) is 17.7 Å². The summed E-state index contributed by atoms with van der Waals surface area (Å²) < 4.78 is 1.13. The van der Waals surface area contributed by atoms with E-state index in [0.717, 1.165) is 68.1 Å². The molecule has 7 nitrogen and oxygen atoms in total. The highest BCUT2D eigenvalue weighted by Gasteiger charge is 2.25. The molecule has 2 aliphatic heterocycles. The number of rotatable bonds is 3. The van der Waals surface area contributed by atoms with E-state index in [4.69, 9.17) is 5.73 Å². The van der Waals surface area contributed by atoms with Gasteiger partial charge in [0, 0.05) is 45.3 Å². The molecule has 1 amide bonds. The summed E-state index contributed by atoms with van der Waals surface area (Å²) in [5, 5.41) is 2.05. The van der Waals surface area contributed by atoms with Crippen molar-refractivity contribution in [2.24, 2.45) is 5.73 Å². The van der Waals surface area contributed by atoms with Gasteiger partial charge in [0.1, 0.15) is 12.1 Å². The summed E-state index contributed by atoms with van der Waals surface area (Å²) >= 11 is 1.67. The number of hydrogen-bond acceptors (Lipinski definition) is 7. The third-order valence-corrected chi connectivity index (χ3v) is 6.05. The van der Waals surface area contributed by atoms with Gasteiger partial charge >= 0.3 is 0 Å². The van der Waals surface area contributed by atoms with Crippen molar-refractivity contribution in [3.05, 3.63) is 17.8 Å². The summed E-state index contributed by atoms with van der Waals surface area (Å²) in [6.07, 6.45) is 3.61. The van der Waals surface area contributed by atoms with Gasteiger partial charge in [-0.25, -0.2) is 9.97 Å². The normalized spacial score (nSPS) is 20.4. The van der Waals surface area contributed by atoms with Crippen LogP contribution in [0.25, 0.3) is 10.2 Å². The fourth-order valence-corrected chi connectivity index (χ4v) is 4.43. The molecular formula is C17H24N6OS. The van der Waals surface area contributed by atoms with Gasteiger partial charge in [0.15, 0.2) is 0 Å². The molecule has 8 heteroatoms. The SMILES string of the molecule is NC1CCN(CC(=O)N2CCN(c3ncnc4ccsc34)CC2)CC1. The number of piperazine rings is 1. The predicted octanol–water partition coefficient (Wildman–Crippen LogP) is 0.763. The summed E-state index contributed by atoms with van der Waals surface area (Å²) in [4.78, 5) is 27.8. The number of piperidine rings is 1. The Morgan fingerprint density at radius 3 is 2.68 bits per heavy atom. The lowest BCUT2D eigenvalue weighted by Crippen LogP contribution is -2.52. The van der Waals surface area contributed by atoms with Crippen molar-refractivity contribution in [1.29, 1.82) is 0 Å². The van der Waals surface area contributed by atoms with Crippen LogP contribution in [0.3, 0.4) is 0 Å². The Hall–Kier alpha value is -1.77. The molecule has 4 rings (SSSR count). The summed E-state index contributed by atoms with van der Waals surface area (Å²) in [6.45, 7) is 5.54. The summed E-state index contributed by atoms with van der Waals surface area (Å²) in [6, 6.07) is 2.33. The summed E-state index contributed by atoms with van der Waals surface area (Å²) in [5.74, 6) is 1.23. The lowest BCUT2D eigenvalue weighted by Gasteiger charge is -2.37. The van der Waals surface area contributed by atoms with Crippen LogP contribution in [0.5, 0.6) is 0 Å². The average Bonchev–Trinajstić information content (AvgIpc) is 3.12. The van der Waals surface area contributed by atoms with Crippen LogP contribution in [-0.2, 0) is 4.79 Å². The molecule has 0 bridgehead atoms. The largest absolute Gasteiger partial charge is 0.352 e. The van der Waals surface area contributed by atoms with Crippen LogP contribution in [0.1, 0.15) is 12.8 Å². The molecule has 134 valence electrons. The molecule has 2 saturated heterocycles. The molecule has 25 heavy (non-hydrogen) atoms. The number of nitrogens with two attached hydrogens (primary N) is 1. The summed E-state index contributed by atoms with van der Waals surface area (Å²) in [7, 11) is 0. The van der Waals surface area contributed by atoms with Crippen molar-refractivity contribution < 1.29 is 4.79 Å². The zero-order valence-electron chi connectivity index (χ0n) is 14.3. The van der Waals surface area contributed by atoms with Crippen molar-refractivity contribution >= 4 is 33.3 Å². The van der Waals surface area contributed by atoms with Gasteiger partial charge in [0.05, 0.1) is 16.8 Å². The second-order valence-electron chi connectivity index (χ2n) is 6.81. The minimum Gasteiger partial charge on any atom is -0.352 e. The van der Waals surface area contributed by atoms with E-state index >= 15 is 0 Å². The standard InChI is InChI=1S/C17H24N6OS/c18-13-1-4-21(5-2-13)11-15(24)22-6-8-23(9-7-22)17-16-14(3-10-25-16)19-12-20-17/h3,10,12-13H,1-2,4-9,11,18H2. The number of nitrogens with zero attached hydrogens (tertiary/aromatic N) is 5. The Morgan fingerprint density at radius 2 is 1.92 bits per heavy atom. The Kier molecular flexibility index (Phi) is 4.82. The maximum atomic E-state index is 12.6. The number of aromatic nitrogens is 2. The number of hydrogen-bond donors (Lipinski definition) is 1. The van der Waals surface area contributed by atoms with Crippen LogP contribution >= 0.6 is 11.3 Å². The second kappa shape index (κ2) is 7.23. The molecule has 2 N–H and O–H groups in total. The van der Waals surface area contributed by atoms with Crippen LogP contribution < -0.4 is 10.6 Å². The first-order valence-corrected chi connectivity index (χ1v) is 9.77. The smallest absolute Gasteiger partial charge is 0.236 e. The minimum absolute atomic E-state index is 0.235. The Bertz CT molecular complexity index is 734. The molecule has 2 fully saturated rings. The highest BCUT2D eigenvalue weighted by molar-refractivity contribution is 7.17. The van der Waals surface area contributed by atoms with E-state index < -0.39 is 0 Å². The maximum absolute atomic E-state index is 12.6. The maximum Gasteiger partial charge on any atom is 0.236 e. The number of fused-ring (bicyclic) bond motifs is 1. The lowest BCUT2D eigenvalue weighted by atomic mass is 10.1. The molecule has 0 spiro atoms. The Morgan fingerprint density at radius 1 is 1.16 bits per heavy atom. The molecule has 0 unspecified atom stereocenters. The van der Waals surface area contributed by atoms with E-state index in [-0.39, 0.29) is 5.91 Å². The van der Waals surface area contributed by atoms with Crippen molar-refractivity contribution in [3.8, 4) is 0 Å². The number of carbonyl (C=O) groups excluding carboxylic acids is 1. The molecule has 2 aromatic rings. The van der Waals surface area contributed by atoms with Crippen molar-refractivity contribution in [1.82, 2.24) is 19.8 Å². The third-order valence-electron chi connectivity index (χ3n) is 5.15. The van der Waals surface area contributed by atoms with E-state index in [1.165, 1.54) is 0 Å². The third kappa shape index (κ3) is 3.61. The second-order valence-corrected chi connectivity index (χ2v) is 7.73. The van der Waals surface area contributed by atoms with Crippen molar-refractivity contribution in [2.75, 3.05) is 50.7 Å². The zero-order chi connectivity index (χ0) is 17.2. The molecule has 4 heterocycles. The van der Waals surface area contributed by atoms with Gasteiger partial charge in [-0.1, -0.05) is 0 Å². The number of anilines is 1. The van der Waals surface area contributed by atoms with E-state index in [0.29, 0.717) is 12.6 Å². The minimum atomic E-state index is 0.235. The zero-order valence-corrected chi connectivity index (χ0v) is 15.1. The highest BCUT2D eigenvalue weighted by Crippen LogP contribution is 2.28. The molecular weight excluding hydrogens is 336 g/mol. The van der Waals surface area contributed by atoms with Crippen LogP contribution in [0.2, 0.25) is 0 Å². The fraction of sp³-hybridized carbons (Fsp3) is 0.588. The molecule has 0 saturated carbocycles. The van der Waals surface area contributed by atoms with E-state index in [9.17, 15) is 4.79 Å². The van der Waals surface area contributed by atoms with Gasteiger partial charge in [0.25, 0.3) is 0 Å².